The number of rotatable bonds is 9. The Morgan fingerprint density at radius 1 is 0.941 bits per heavy atom. The van der Waals surface area contributed by atoms with Crippen LogP contribution in [0.2, 0.25) is 0 Å². The van der Waals surface area contributed by atoms with E-state index < -0.39 is 0 Å². The fourth-order valence-electron chi connectivity index (χ4n) is 4.48. The Hall–Kier alpha value is -3.53. The maximum Gasteiger partial charge on any atom is 0.310 e. The number of hydrogen-bond acceptors (Lipinski definition) is 3. The molecule has 34 heavy (non-hydrogen) atoms. The molecule has 0 atom stereocenters. The molecule has 0 fully saturated rings. The quantitative estimate of drug-likeness (QED) is 0.260. The molecule has 0 saturated carbocycles. The largest absolute Gasteiger partial charge is 0.489 e. The minimum absolute atomic E-state index is 0.185. The van der Waals surface area contributed by atoms with Crippen molar-refractivity contribution in [1.29, 1.82) is 0 Å². The second-order valence-electron chi connectivity index (χ2n) is 8.95. The number of para-hydroxylation sites is 1. The van der Waals surface area contributed by atoms with E-state index in [4.69, 9.17) is 9.47 Å². The van der Waals surface area contributed by atoms with Crippen LogP contribution in [0.15, 0.2) is 72.8 Å². The topological polar surface area (TPSA) is 40.5 Å². The summed E-state index contributed by atoms with van der Waals surface area (Å²) in [6.45, 7) is 10.0. The van der Waals surface area contributed by atoms with Crippen LogP contribution < -0.4 is 4.74 Å². The van der Waals surface area contributed by atoms with Gasteiger partial charge in [0, 0.05) is 23.1 Å². The molecule has 0 amide bonds. The lowest BCUT2D eigenvalue weighted by atomic mass is 9.99. The first-order valence-electron chi connectivity index (χ1n) is 12.0. The van der Waals surface area contributed by atoms with Crippen molar-refractivity contribution in [1.82, 2.24) is 4.57 Å². The summed E-state index contributed by atoms with van der Waals surface area (Å²) in [5.74, 6) is 1.09. The number of ether oxygens (including phenoxy) is 2. The molecule has 0 aliphatic heterocycles. The summed E-state index contributed by atoms with van der Waals surface area (Å²) in [6, 6.07) is 25.0. The molecule has 0 radical (unpaired) electrons. The van der Waals surface area contributed by atoms with Gasteiger partial charge in [0.05, 0.1) is 13.0 Å². The lowest BCUT2D eigenvalue weighted by Gasteiger charge is -2.17. The molecule has 3 aromatic carbocycles. The molecule has 0 unspecified atom stereocenters. The van der Waals surface area contributed by atoms with Crippen molar-refractivity contribution in [3.63, 3.8) is 0 Å². The zero-order valence-electron chi connectivity index (χ0n) is 20.5. The van der Waals surface area contributed by atoms with Crippen molar-refractivity contribution in [2.24, 2.45) is 0 Å². The number of hydrogen-bond donors (Lipinski definition) is 0. The van der Waals surface area contributed by atoms with Gasteiger partial charge in [-0.05, 0) is 54.2 Å². The minimum atomic E-state index is -0.185. The smallest absolute Gasteiger partial charge is 0.310 e. The summed E-state index contributed by atoms with van der Waals surface area (Å²) in [5, 5.41) is 1.11. The predicted octanol–water partition coefficient (Wildman–Crippen LogP) is 6.81. The van der Waals surface area contributed by atoms with Crippen LogP contribution in [0.5, 0.6) is 5.75 Å². The average Bonchev–Trinajstić information content (AvgIpc) is 3.10. The molecule has 0 aliphatic carbocycles. The Bertz CT molecular complexity index is 1270. The number of nitrogens with zero attached hydrogens (tertiary/aromatic N) is 1. The van der Waals surface area contributed by atoms with Gasteiger partial charge in [0.15, 0.2) is 0 Å². The van der Waals surface area contributed by atoms with Crippen molar-refractivity contribution in [2.45, 2.75) is 53.2 Å². The van der Waals surface area contributed by atoms with Gasteiger partial charge in [-0.15, -0.1) is 0 Å². The molecule has 0 N–H and O–H groups in total. The van der Waals surface area contributed by atoms with E-state index in [1.54, 1.807) is 0 Å². The fraction of sp³-hybridized carbons (Fsp3) is 0.300. The van der Waals surface area contributed by atoms with Gasteiger partial charge >= 0.3 is 5.97 Å². The van der Waals surface area contributed by atoms with Crippen LogP contribution in [-0.2, 0) is 29.1 Å². The number of carbonyl (C=O) groups is 1. The Labute approximate surface area is 202 Å². The highest BCUT2D eigenvalue weighted by molar-refractivity contribution is 5.89. The Balaban J connectivity index is 1.63. The number of fused-ring (bicyclic) bond motifs is 1. The molecule has 1 aromatic heterocycles. The summed E-state index contributed by atoms with van der Waals surface area (Å²) >= 11 is 0. The van der Waals surface area contributed by atoms with Crippen molar-refractivity contribution in [2.75, 3.05) is 6.61 Å². The Morgan fingerprint density at radius 3 is 2.41 bits per heavy atom. The lowest BCUT2D eigenvalue weighted by Crippen LogP contribution is -2.09. The number of carbonyl (C=O) groups excluding carboxylic acids is 1. The van der Waals surface area contributed by atoms with E-state index in [2.05, 4.69) is 67.8 Å². The summed E-state index contributed by atoms with van der Waals surface area (Å²) in [4.78, 5) is 12.3. The number of benzene rings is 3. The molecule has 1 heterocycles. The van der Waals surface area contributed by atoms with Gasteiger partial charge in [-0.1, -0.05) is 74.5 Å². The summed E-state index contributed by atoms with van der Waals surface area (Å²) in [6.07, 6.45) is 0.288. The first-order chi connectivity index (χ1) is 16.5. The summed E-state index contributed by atoms with van der Waals surface area (Å²) in [5.41, 5.74) is 6.85. The van der Waals surface area contributed by atoms with E-state index in [9.17, 15) is 4.79 Å². The third-order valence-electron chi connectivity index (χ3n) is 6.26. The van der Waals surface area contributed by atoms with E-state index in [1.807, 2.05) is 37.3 Å². The van der Waals surface area contributed by atoms with Crippen LogP contribution in [0.25, 0.3) is 10.9 Å². The van der Waals surface area contributed by atoms with Crippen molar-refractivity contribution < 1.29 is 14.3 Å². The van der Waals surface area contributed by atoms with Gasteiger partial charge in [-0.3, -0.25) is 4.79 Å². The highest BCUT2D eigenvalue weighted by Crippen LogP contribution is 2.31. The first-order valence-corrected chi connectivity index (χ1v) is 12.0. The van der Waals surface area contributed by atoms with E-state index in [1.165, 1.54) is 11.1 Å². The molecule has 0 bridgehead atoms. The molecule has 4 heteroatoms. The van der Waals surface area contributed by atoms with Gasteiger partial charge < -0.3 is 14.0 Å². The third-order valence-corrected chi connectivity index (χ3v) is 6.26. The van der Waals surface area contributed by atoms with E-state index in [0.717, 1.165) is 40.0 Å². The van der Waals surface area contributed by atoms with Crippen LogP contribution in [0.3, 0.4) is 0 Å². The molecule has 4 rings (SSSR count). The first kappa shape index (κ1) is 23.6. The van der Waals surface area contributed by atoms with Gasteiger partial charge in [-0.2, -0.15) is 0 Å². The van der Waals surface area contributed by atoms with Crippen LogP contribution >= 0.6 is 0 Å². The zero-order valence-corrected chi connectivity index (χ0v) is 20.5. The minimum Gasteiger partial charge on any atom is -0.489 e. The van der Waals surface area contributed by atoms with Crippen LogP contribution in [0.1, 0.15) is 54.6 Å². The fourth-order valence-corrected chi connectivity index (χ4v) is 4.48. The average molecular weight is 456 g/mol. The molecular formula is C30H33NO3. The second-order valence-corrected chi connectivity index (χ2v) is 8.95. The van der Waals surface area contributed by atoms with Gasteiger partial charge in [0.25, 0.3) is 0 Å². The van der Waals surface area contributed by atoms with Crippen LogP contribution in [-0.4, -0.2) is 17.1 Å². The van der Waals surface area contributed by atoms with Crippen molar-refractivity contribution in [3.8, 4) is 5.75 Å². The van der Waals surface area contributed by atoms with Gasteiger partial charge in [-0.25, -0.2) is 0 Å². The monoisotopic (exact) mass is 455 g/mol. The van der Waals surface area contributed by atoms with Crippen molar-refractivity contribution >= 4 is 16.9 Å². The van der Waals surface area contributed by atoms with Crippen LogP contribution in [0, 0.1) is 6.92 Å². The molecule has 4 nitrogen and oxygen atoms in total. The summed E-state index contributed by atoms with van der Waals surface area (Å²) < 4.78 is 13.7. The molecule has 4 aromatic rings. The maximum atomic E-state index is 12.3. The number of esters is 1. The van der Waals surface area contributed by atoms with Crippen molar-refractivity contribution in [3.05, 3.63) is 101 Å². The third kappa shape index (κ3) is 5.17. The molecule has 0 aliphatic rings. The van der Waals surface area contributed by atoms with Gasteiger partial charge in [0.2, 0.25) is 0 Å². The molecule has 176 valence electrons. The Morgan fingerprint density at radius 2 is 1.68 bits per heavy atom. The van der Waals surface area contributed by atoms with E-state index in [-0.39, 0.29) is 12.4 Å². The lowest BCUT2D eigenvalue weighted by molar-refractivity contribution is -0.142. The normalized spacial score (nSPS) is 11.2. The highest BCUT2D eigenvalue weighted by Gasteiger charge is 2.18. The van der Waals surface area contributed by atoms with Gasteiger partial charge in [0.1, 0.15) is 12.4 Å². The zero-order chi connectivity index (χ0) is 24.1. The second kappa shape index (κ2) is 10.6. The number of aromatic nitrogens is 1. The van der Waals surface area contributed by atoms with Crippen LogP contribution in [0.4, 0.5) is 0 Å². The maximum absolute atomic E-state index is 12.3. The SMILES string of the molecule is CCOC(=O)Cc1c(C)n(Cc2ccc(OCc3ccccc3)c(C(C)C)c2)c2ccccc12. The highest BCUT2D eigenvalue weighted by atomic mass is 16.5. The standard InChI is InChI=1S/C30H33NO3/c1-5-33-30(32)18-27-22(4)31(28-14-10-9-13-25(27)28)19-24-15-16-29(26(17-24)21(2)3)34-20-23-11-7-6-8-12-23/h6-17,21H,5,18-20H2,1-4H3. The molecule has 0 spiro atoms. The van der Waals surface area contributed by atoms with E-state index >= 15 is 0 Å². The summed E-state index contributed by atoms with van der Waals surface area (Å²) in [7, 11) is 0. The Kier molecular flexibility index (Phi) is 7.36. The molecule has 0 saturated heterocycles. The molecular weight excluding hydrogens is 422 g/mol. The van der Waals surface area contributed by atoms with E-state index in [0.29, 0.717) is 19.1 Å². The predicted molar refractivity (Wildman–Crippen MR) is 137 cm³/mol.